The van der Waals surface area contributed by atoms with Crippen molar-refractivity contribution >= 4 is 35.2 Å². The molecular weight excluding hydrogens is 553 g/mol. The number of benzene rings is 5. The Bertz CT molecular complexity index is 2140. The molecule has 0 bridgehead atoms. The molecule has 0 unspecified atom stereocenters. The van der Waals surface area contributed by atoms with Crippen LogP contribution in [0.15, 0.2) is 164 Å². The average Bonchev–Trinajstić information content (AvgIpc) is 3.57. The quantitative estimate of drug-likeness (QED) is 0.193. The van der Waals surface area contributed by atoms with Crippen molar-refractivity contribution in [1.82, 2.24) is 0 Å². The van der Waals surface area contributed by atoms with Gasteiger partial charge in [0.15, 0.2) is 0 Å². The zero-order valence-electron chi connectivity index (χ0n) is 23.9. The van der Waals surface area contributed by atoms with Crippen LogP contribution in [-0.4, -0.2) is 0 Å². The SMILES string of the molecule is c1ccc(-c2cc3c4c(c2)N(c2ccccc2)c2cc(-c5ccccc5)cc5c2[PH]4([n+]2ccccc2-3)[n+]2ccccc2-5)cc1. The summed E-state index contributed by atoms with van der Waals surface area (Å²) in [6.07, 6.45) is 4.67. The number of anilines is 3. The van der Waals surface area contributed by atoms with Crippen LogP contribution in [0.4, 0.5) is 17.1 Å². The molecule has 7 aromatic rings. The van der Waals surface area contributed by atoms with Crippen molar-refractivity contribution in [2.45, 2.75) is 0 Å². The molecule has 3 aliphatic heterocycles. The van der Waals surface area contributed by atoms with Gasteiger partial charge in [-0.25, -0.2) is 0 Å². The molecule has 0 atom stereocenters. The number of nitrogens with zero attached hydrogens (tertiary/aromatic N) is 3. The van der Waals surface area contributed by atoms with Crippen molar-refractivity contribution in [1.29, 1.82) is 0 Å². The van der Waals surface area contributed by atoms with Crippen molar-refractivity contribution in [3.8, 4) is 44.8 Å². The molecule has 5 aromatic carbocycles. The first-order valence-electron chi connectivity index (χ1n) is 15.2. The van der Waals surface area contributed by atoms with E-state index in [1.54, 1.807) is 0 Å². The van der Waals surface area contributed by atoms with E-state index in [9.17, 15) is 0 Å². The van der Waals surface area contributed by atoms with Crippen LogP contribution in [-0.2, 0) is 0 Å². The molecule has 5 heterocycles. The Hall–Kier alpha value is -5.37. The number of para-hydroxylation sites is 1. The van der Waals surface area contributed by atoms with Gasteiger partial charge in [0.2, 0.25) is 0 Å². The van der Waals surface area contributed by atoms with E-state index >= 15 is 0 Å². The zero-order chi connectivity index (χ0) is 28.8. The first kappa shape index (κ1) is 24.1. The minimum atomic E-state index is -2.76. The van der Waals surface area contributed by atoms with Crippen LogP contribution in [0.1, 0.15) is 0 Å². The Morgan fingerprint density at radius 3 is 1.32 bits per heavy atom. The van der Waals surface area contributed by atoms with Gasteiger partial charge in [-0.2, -0.15) is 0 Å². The van der Waals surface area contributed by atoms with Crippen LogP contribution in [0.2, 0.25) is 0 Å². The van der Waals surface area contributed by atoms with Crippen LogP contribution < -0.4 is 24.2 Å². The van der Waals surface area contributed by atoms with Crippen molar-refractivity contribution in [2.75, 3.05) is 4.90 Å². The first-order chi connectivity index (χ1) is 21.8. The van der Waals surface area contributed by atoms with Crippen molar-refractivity contribution in [3.63, 3.8) is 0 Å². The van der Waals surface area contributed by atoms with Crippen LogP contribution in [0, 0.1) is 0 Å². The van der Waals surface area contributed by atoms with Gasteiger partial charge in [-0.1, -0.05) is 0 Å². The van der Waals surface area contributed by atoms with Crippen LogP contribution in [0.25, 0.3) is 44.8 Å². The van der Waals surface area contributed by atoms with Gasteiger partial charge in [0.05, 0.1) is 0 Å². The van der Waals surface area contributed by atoms with E-state index in [1.165, 1.54) is 72.4 Å². The molecule has 0 amide bonds. The van der Waals surface area contributed by atoms with Crippen LogP contribution in [0.5, 0.6) is 0 Å². The molecular formula is C40H28N3P+2. The fourth-order valence-corrected chi connectivity index (χ4v) is 13.3. The molecule has 0 saturated carbocycles. The normalized spacial score (nSPS) is 14.8. The number of hydrogen-bond donors (Lipinski definition) is 0. The summed E-state index contributed by atoms with van der Waals surface area (Å²) in [6, 6.07) is 55.8. The number of aromatic nitrogens is 2. The summed E-state index contributed by atoms with van der Waals surface area (Å²) in [5.41, 5.74) is 13.9. The summed E-state index contributed by atoms with van der Waals surface area (Å²) < 4.78 is 5.30. The standard InChI is InChI=1S/C40H28N3P/c1-4-14-28(15-5-1)30-24-33-35-20-10-12-22-41(35)44-39(33)37(26-30)43(32-18-8-3-9-19-32)38-27-31(29-16-6-2-7-17-29)25-34(40(38)44)36-21-11-13-23-42(36)44/h1-27,44H/q+2. The molecule has 0 N–H and O–H groups in total. The summed E-state index contributed by atoms with van der Waals surface area (Å²) in [6.45, 7) is 0. The van der Waals surface area contributed by atoms with Gasteiger partial charge < -0.3 is 0 Å². The molecule has 10 rings (SSSR count). The second-order valence-electron chi connectivity index (χ2n) is 11.8. The van der Waals surface area contributed by atoms with Gasteiger partial charge in [0, 0.05) is 0 Å². The molecule has 4 heteroatoms. The second kappa shape index (κ2) is 8.83. The maximum absolute atomic E-state index is 2.76. The summed E-state index contributed by atoms with van der Waals surface area (Å²) >= 11 is 0. The first-order valence-corrected chi connectivity index (χ1v) is 17.1. The van der Waals surface area contributed by atoms with Gasteiger partial charge in [-0.05, 0) is 0 Å². The van der Waals surface area contributed by atoms with E-state index < -0.39 is 7.56 Å². The Morgan fingerprint density at radius 2 is 0.841 bits per heavy atom. The minimum absolute atomic E-state index is 1.18. The fraction of sp³-hybridized carbons (Fsp3) is 0. The third-order valence-corrected chi connectivity index (χ3v) is 14.2. The molecule has 3 nitrogen and oxygen atoms in total. The Morgan fingerprint density at radius 1 is 0.409 bits per heavy atom. The summed E-state index contributed by atoms with van der Waals surface area (Å²) in [7, 11) is -2.76. The summed E-state index contributed by atoms with van der Waals surface area (Å²) in [5.74, 6) is 0. The van der Waals surface area contributed by atoms with Gasteiger partial charge in [0.1, 0.15) is 0 Å². The topological polar surface area (TPSA) is 11.0 Å². The van der Waals surface area contributed by atoms with E-state index in [0.29, 0.717) is 0 Å². The number of hydrogen-bond acceptors (Lipinski definition) is 1. The van der Waals surface area contributed by atoms with Crippen LogP contribution >= 0.6 is 7.56 Å². The second-order valence-corrected chi connectivity index (χ2v) is 15.1. The summed E-state index contributed by atoms with van der Waals surface area (Å²) in [4.78, 5) is 2.54. The zero-order valence-corrected chi connectivity index (χ0v) is 24.9. The van der Waals surface area contributed by atoms with E-state index in [2.05, 4.69) is 178 Å². The maximum atomic E-state index is 2.65. The fourth-order valence-electron chi connectivity index (χ4n) is 7.94. The molecule has 0 saturated heterocycles. The number of fused-ring (bicyclic) bond motifs is 4. The Balaban J connectivity index is 1.42. The van der Waals surface area contributed by atoms with Gasteiger partial charge >= 0.3 is 258 Å². The van der Waals surface area contributed by atoms with Crippen molar-refractivity contribution < 1.29 is 8.68 Å². The predicted octanol–water partition coefficient (Wildman–Crippen LogP) is 7.97. The van der Waals surface area contributed by atoms with E-state index in [-0.39, 0.29) is 0 Å². The number of rotatable bonds is 3. The predicted molar refractivity (Wildman–Crippen MR) is 182 cm³/mol. The van der Waals surface area contributed by atoms with Gasteiger partial charge in [-0.3, -0.25) is 0 Å². The third-order valence-electron chi connectivity index (χ3n) is 9.61. The van der Waals surface area contributed by atoms with Crippen molar-refractivity contribution in [3.05, 3.63) is 164 Å². The van der Waals surface area contributed by atoms with E-state index in [0.717, 1.165) is 0 Å². The average molecular weight is 582 g/mol. The Labute approximate surface area is 257 Å². The monoisotopic (exact) mass is 581 g/mol. The van der Waals surface area contributed by atoms with Crippen LogP contribution in [0.3, 0.4) is 0 Å². The molecule has 2 aromatic heterocycles. The third kappa shape index (κ3) is 2.99. The van der Waals surface area contributed by atoms with Gasteiger partial charge in [0.25, 0.3) is 0 Å². The molecule has 1 spiro atoms. The molecule has 44 heavy (non-hydrogen) atoms. The molecule has 0 radical (unpaired) electrons. The molecule has 3 aliphatic rings. The Kier molecular flexibility index (Phi) is 4.84. The van der Waals surface area contributed by atoms with E-state index in [4.69, 9.17) is 0 Å². The number of pyridine rings is 2. The van der Waals surface area contributed by atoms with E-state index in [1.807, 2.05) is 0 Å². The summed E-state index contributed by atoms with van der Waals surface area (Å²) in [5, 5.41) is 2.92. The molecule has 0 fully saturated rings. The molecule has 0 aliphatic carbocycles. The van der Waals surface area contributed by atoms with Gasteiger partial charge in [-0.15, -0.1) is 0 Å². The molecule has 206 valence electrons. The van der Waals surface area contributed by atoms with Crippen molar-refractivity contribution in [2.24, 2.45) is 0 Å².